The minimum atomic E-state index is -0.343. The van der Waals surface area contributed by atoms with E-state index in [1.54, 1.807) is 0 Å². The number of hydrogen-bond acceptors (Lipinski definition) is 6. The quantitative estimate of drug-likeness (QED) is 0.155. The maximum absolute atomic E-state index is 12.0. The van der Waals surface area contributed by atoms with Crippen LogP contribution in [0.5, 0.6) is 11.5 Å². The van der Waals surface area contributed by atoms with Crippen LogP contribution in [0.15, 0.2) is 49.6 Å². The van der Waals surface area contributed by atoms with Crippen molar-refractivity contribution in [3.05, 3.63) is 71.8 Å². The Morgan fingerprint density at radius 1 is 0.658 bits per heavy atom. The molecular weight excluding hydrogens is 476 g/mol. The van der Waals surface area contributed by atoms with Gasteiger partial charge in [-0.3, -0.25) is 19.4 Å². The molecule has 6 heteroatoms. The minimum absolute atomic E-state index is 0.343. The molecule has 38 heavy (non-hydrogen) atoms. The van der Waals surface area contributed by atoms with Crippen molar-refractivity contribution in [2.24, 2.45) is 0 Å². The molecule has 0 aliphatic rings. The molecule has 2 rings (SSSR count). The van der Waals surface area contributed by atoms with Crippen LogP contribution in [0.25, 0.3) is 11.1 Å². The van der Waals surface area contributed by atoms with Gasteiger partial charge in [-0.2, -0.15) is 0 Å². The average Bonchev–Trinajstić information content (AvgIpc) is 2.88. The Hall–Kier alpha value is -3.22. The zero-order valence-electron chi connectivity index (χ0n) is 24.1. The van der Waals surface area contributed by atoms with E-state index in [1.165, 1.54) is 13.8 Å². The van der Waals surface area contributed by atoms with Crippen molar-refractivity contribution in [1.82, 2.24) is 9.80 Å². The Morgan fingerprint density at radius 3 is 1.24 bits per heavy atom. The summed E-state index contributed by atoms with van der Waals surface area (Å²) in [6, 6.07) is 8.38. The van der Waals surface area contributed by atoms with Gasteiger partial charge in [-0.15, -0.1) is 13.2 Å². The molecule has 0 fully saturated rings. The number of rotatable bonds is 15. The van der Waals surface area contributed by atoms with E-state index in [-0.39, 0.29) is 11.9 Å². The third-order valence-electron chi connectivity index (χ3n) is 6.62. The molecule has 0 N–H and O–H groups in total. The first-order chi connectivity index (χ1) is 18.2. The Balaban J connectivity index is 2.84. The van der Waals surface area contributed by atoms with Gasteiger partial charge in [-0.1, -0.05) is 39.8 Å². The summed E-state index contributed by atoms with van der Waals surface area (Å²) in [6.45, 7) is 24.1. The molecule has 0 aliphatic heterocycles. The zero-order chi connectivity index (χ0) is 28.2. The predicted molar refractivity (Wildman–Crippen MR) is 156 cm³/mol. The number of allylic oxidation sites excluding steroid dienone is 2. The number of esters is 2. The van der Waals surface area contributed by atoms with Crippen LogP contribution < -0.4 is 9.47 Å². The number of nitrogens with zero attached hydrogens (tertiary/aromatic N) is 2. The second-order valence-electron chi connectivity index (χ2n) is 9.34. The minimum Gasteiger partial charge on any atom is -0.426 e. The van der Waals surface area contributed by atoms with Crippen molar-refractivity contribution in [2.45, 2.75) is 67.5 Å². The highest BCUT2D eigenvalue weighted by molar-refractivity contribution is 5.76. The molecule has 0 radical (unpaired) electrons. The van der Waals surface area contributed by atoms with Crippen molar-refractivity contribution < 1.29 is 19.1 Å². The molecule has 0 aliphatic carbocycles. The van der Waals surface area contributed by atoms with Crippen molar-refractivity contribution in [2.75, 3.05) is 26.2 Å². The van der Waals surface area contributed by atoms with Crippen LogP contribution in [0, 0.1) is 0 Å². The zero-order valence-corrected chi connectivity index (χ0v) is 24.1. The highest BCUT2D eigenvalue weighted by Crippen LogP contribution is 2.37. The fourth-order valence-corrected chi connectivity index (χ4v) is 4.62. The highest BCUT2D eigenvalue weighted by Gasteiger charge is 2.20. The van der Waals surface area contributed by atoms with E-state index in [0.717, 1.165) is 59.6 Å². The lowest BCUT2D eigenvalue weighted by Gasteiger charge is -2.24. The maximum Gasteiger partial charge on any atom is 0.308 e. The lowest BCUT2D eigenvalue weighted by Crippen LogP contribution is -2.23. The summed E-state index contributed by atoms with van der Waals surface area (Å²) in [7, 11) is 0. The third kappa shape index (κ3) is 8.40. The molecular formula is C32H44N2O4. The number of carbonyl (C=O) groups is 2. The van der Waals surface area contributed by atoms with Crippen molar-refractivity contribution in [1.29, 1.82) is 0 Å². The molecule has 6 nitrogen and oxygen atoms in total. The maximum atomic E-state index is 12.0. The van der Waals surface area contributed by atoms with E-state index in [9.17, 15) is 9.59 Å². The van der Waals surface area contributed by atoms with Gasteiger partial charge in [-0.05, 0) is 85.5 Å². The standard InChI is InChI=1S/C32H44N2O4/c1-9-15-25-17-27(19-29(21-33(11-3)12-4)31(25)37-23(7)35)28-18-26(16-10-2)32(38-24(8)36)30(20-28)22-34(13-5)14-6/h9-10,17-20H,1-2,11-16,21-22H2,3-8H3. The molecule has 0 heterocycles. The molecule has 2 aromatic carbocycles. The van der Waals surface area contributed by atoms with Crippen LogP contribution in [0.1, 0.15) is 63.8 Å². The van der Waals surface area contributed by atoms with E-state index in [2.05, 4.69) is 74.9 Å². The second-order valence-corrected chi connectivity index (χ2v) is 9.34. The molecule has 0 atom stereocenters. The van der Waals surface area contributed by atoms with Gasteiger partial charge in [0.05, 0.1) is 0 Å². The Bertz CT molecular complexity index is 1040. The topological polar surface area (TPSA) is 59.1 Å². The number of hydrogen-bond donors (Lipinski definition) is 0. The number of carbonyl (C=O) groups excluding carboxylic acids is 2. The number of ether oxygens (including phenoxy) is 2. The van der Waals surface area contributed by atoms with Gasteiger partial charge in [0.15, 0.2) is 0 Å². The average molecular weight is 521 g/mol. The highest BCUT2D eigenvalue weighted by atomic mass is 16.5. The first kappa shape index (κ1) is 31.0. The van der Waals surface area contributed by atoms with E-state index in [1.807, 2.05) is 12.2 Å². The largest absolute Gasteiger partial charge is 0.426 e. The van der Waals surface area contributed by atoms with Gasteiger partial charge in [0.2, 0.25) is 0 Å². The fraction of sp³-hybridized carbons (Fsp3) is 0.438. The van der Waals surface area contributed by atoms with Crippen LogP contribution >= 0.6 is 0 Å². The Kier molecular flexibility index (Phi) is 12.4. The van der Waals surface area contributed by atoms with Crippen LogP contribution in [0.3, 0.4) is 0 Å². The SMILES string of the molecule is C=CCc1cc(-c2cc(CC=C)c(OC(C)=O)c(CN(CC)CC)c2)cc(CN(CC)CC)c1OC(C)=O. The van der Waals surface area contributed by atoms with Crippen LogP contribution in [-0.4, -0.2) is 47.9 Å². The smallest absolute Gasteiger partial charge is 0.308 e. The molecule has 0 amide bonds. The summed E-state index contributed by atoms with van der Waals surface area (Å²) in [5, 5.41) is 0. The molecule has 2 aromatic rings. The summed E-state index contributed by atoms with van der Waals surface area (Å²) in [5.41, 5.74) is 5.76. The third-order valence-corrected chi connectivity index (χ3v) is 6.62. The monoisotopic (exact) mass is 520 g/mol. The number of benzene rings is 2. The summed E-state index contributed by atoms with van der Waals surface area (Å²) >= 11 is 0. The van der Waals surface area contributed by atoms with E-state index in [4.69, 9.17) is 9.47 Å². The second kappa shape index (κ2) is 15.3. The van der Waals surface area contributed by atoms with E-state index in [0.29, 0.717) is 37.4 Å². The van der Waals surface area contributed by atoms with Gasteiger partial charge >= 0.3 is 11.9 Å². The summed E-state index contributed by atoms with van der Waals surface area (Å²) in [4.78, 5) is 28.7. The lowest BCUT2D eigenvalue weighted by molar-refractivity contribution is -0.133. The fourth-order valence-electron chi connectivity index (χ4n) is 4.62. The molecule has 0 bridgehead atoms. The Labute approximate surface area is 228 Å². The molecule has 0 saturated carbocycles. The summed E-state index contributed by atoms with van der Waals surface area (Å²) in [5.74, 6) is 0.535. The first-order valence-electron chi connectivity index (χ1n) is 13.6. The van der Waals surface area contributed by atoms with Gasteiger partial charge in [0.25, 0.3) is 0 Å². The van der Waals surface area contributed by atoms with Gasteiger partial charge in [0.1, 0.15) is 11.5 Å². The van der Waals surface area contributed by atoms with Crippen LogP contribution in [0.2, 0.25) is 0 Å². The van der Waals surface area contributed by atoms with Crippen molar-refractivity contribution in [3.8, 4) is 22.6 Å². The molecule has 0 spiro atoms. The summed E-state index contributed by atoms with van der Waals surface area (Å²) in [6.07, 6.45) is 4.79. The molecule has 0 saturated heterocycles. The molecule has 0 unspecified atom stereocenters. The van der Waals surface area contributed by atoms with Crippen LogP contribution in [0.4, 0.5) is 0 Å². The van der Waals surface area contributed by atoms with Crippen molar-refractivity contribution in [3.63, 3.8) is 0 Å². The van der Waals surface area contributed by atoms with Gasteiger partial charge < -0.3 is 9.47 Å². The Morgan fingerprint density at radius 2 is 0.974 bits per heavy atom. The lowest BCUT2D eigenvalue weighted by atomic mass is 9.93. The van der Waals surface area contributed by atoms with Crippen LogP contribution in [-0.2, 0) is 35.5 Å². The van der Waals surface area contributed by atoms with Crippen molar-refractivity contribution >= 4 is 11.9 Å². The van der Waals surface area contributed by atoms with Gasteiger partial charge in [-0.25, -0.2) is 0 Å². The molecule has 0 aromatic heterocycles. The summed E-state index contributed by atoms with van der Waals surface area (Å²) < 4.78 is 11.5. The van der Waals surface area contributed by atoms with Gasteiger partial charge in [0, 0.05) is 38.1 Å². The van der Waals surface area contributed by atoms with E-state index >= 15 is 0 Å². The normalized spacial score (nSPS) is 11.1. The predicted octanol–water partition coefficient (Wildman–Crippen LogP) is 6.34. The van der Waals surface area contributed by atoms with E-state index < -0.39 is 0 Å². The molecule has 206 valence electrons. The first-order valence-corrected chi connectivity index (χ1v) is 13.6.